The third kappa shape index (κ3) is 3.75. The first-order valence-corrected chi connectivity index (χ1v) is 4.89. The highest BCUT2D eigenvalue weighted by atomic mass is 32.1. The number of anilines is 1. The van der Waals surface area contributed by atoms with E-state index in [1.54, 1.807) is 0 Å². The fourth-order valence-electron chi connectivity index (χ4n) is 0.796. The van der Waals surface area contributed by atoms with Crippen LogP contribution in [0.4, 0.5) is 18.3 Å². The van der Waals surface area contributed by atoms with Gasteiger partial charge in [-0.2, -0.15) is 22.5 Å². The molecule has 0 radical (unpaired) electrons. The van der Waals surface area contributed by atoms with E-state index in [1.165, 1.54) is 0 Å². The van der Waals surface area contributed by atoms with Gasteiger partial charge in [-0.3, -0.25) is 0 Å². The number of aromatic nitrogens is 2. The lowest BCUT2D eigenvalue weighted by Gasteiger charge is -1.99. The summed E-state index contributed by atoms with van der Waals surface area (Å²) in [7, 11) is 0. The summed E-state index contributed by atoms with van der Waals surface area (Å²) >= 11 is 0.691. The quantitative estimate of drug-likeness (QED) is 0.643. The van der Waals surface area contributed by atoms with E-state index < -0.39 is 12.0 Å². The van der Waals surface area contributed by atoms with Crippen LogP contribution in [0.1, 0.15) is 18.7 Å². The van der Waals surface area contributed by atoms with Gasteiger partial charge in [0, 0.05) is 24.5 Å². The molecule has 1 N–H and O–H groups in total. The monoisotopic (exact) mass is 235 g/mol. The number of hydrogen-bond acceptors (Lipinski definition) is 4. The number of hydrogen-bond donors (Lipinski definition) is 1. The topological polar surface area (TPSA) is 37.8 Å². The van der Waals surface area contributed by atoms with E-state index >= 15 is 0 Å². The van der Waals surface area contributed by atoms with Crippen molar-refractivity contribution >= 4 is 16.7 Å². The molecule has 0 amide bonds. The molecule has 1 heterocycles. The Morgan fingerprint density at radius 1 is 1.47 bits per heavy atom. The first-order valence-electron chi connectivity index (χ1n) is 4.12. The number of nitrogens with one attached hydrogen (secondary N) is 1. The minimum absolute atomic E-state index is 0.166. The summed E-state index contributed by atoms with van der Waals surface area (Å²) in [5.74, 6) is 1.33. The van der Waals surface area contributed by atoms with E-state index in [2.05, 4.69) is 20.6 Å². The van der Waals surface area contributed by atoms with Crippen LogP contribution in [0, 0.1) is 12.3 Å². The number of alkyl halides is 3. The molecular formula is C8H8F3N3S. The first-order chi connectivity index (χ1) is 7.04. The maximum atomic E-state index is 12.1. The van der Waals surface area contributed by atoms with Crippen LogP contribution in [-0.2, 0) is 6.18 Å². The molecule has 0 saturated heterocycles. The van der Waals surface area contributed by atoms with E-state index in [9.17, 15) is 13.2 Å². The molecule has 0 fully saturated rings. The van der Waals surface area contributed by atoms with Gasteiger partial charge < -0.3 is 5.32 Å². The highest BCUT2D eigenvalue weighted by Gasteiger charge is 2.35. The van der Waals surface area contributed by atoms with Gasteiger partial charge >= 0.3 is 6.18 Å². The van der Waals surface area contributed by atoms with Gasteiger partial charge in [0.05, 0.1) is 0 Å². The Hall–Kier alpha value is -1.29. The average molecular weight is 235 g/mol. The highest BCUT2D eigenvalue weighted by Crippen LogP contribution is 2.28. The molecule has 0 bridgehead atoms. The van der Waals surface area contributed by atoms with Crippen LogP contribution in [0.2, 0.25) is 0 Å². The molecule has 0 atom stereocenters. The molecular weight excluding hydrogens is 227 g/mol. The van der Waals surface area contributed by atoms with E-state index in [0.29, 0.717) is 30.9 Å². The minimum Gasteiger partial charge on any atom is -0.360 e. The molecule has 82 valence electrons. The molecule has 0 aliphatic carbocycles. The second-order valence-electron chi connectivity index (χ2n) is 2.66. The van der Waals surface area contributed by atoms with Crippen molar-refractivity contribution in [2.45, 2.75) is 19.0 Å². The molecule has 1 aromatic rings. The molecule has 0 aliphatic rings. The Kier molecular flexibility index (Phi) is 3.91. The normalized spacial score (nSPS) is 11.1. The number of unbranched alkanes of at least 4 members (excludes halogenated alkanes) is 1. The van der Waals surface area contributed by atoms with Crippen molar-refractivity contribution in [1.29, 1.82) is 0 Å². The van der Waals surface area contributed by atoms with Gasteiger partial charge in [0.1, 0.15) is 0 Å². The molecule has 15 heavy (non-hydrogen) atoms. The summed E-state index contributed by atoms with van der Waals surface area (Å²) in [5, 5.41) is 2.89. The molecule has 0 unspecified atom stereocenters. The number of terminal acetylenes is 1. The molecule has 0 aromatic carbocycles. The standard InChI is InChI=1S/C8H8F3N3S/c1-2-3-4-5-12-7-13-6(14-15-7)8(9,10)11/h1H,3-5H2,(H,12,13,14). The first kappa shape index (κ1) is 11.8. The summed E-state index contributed by atoms with van der Waals surface area (Å²) in [6, 6.07) is 0. The van der Waals surface area contributed by atoms with Gasteiger partial charge in [0.15, 0.2) is 0 Å². The summed E-state index contributed by atoms with van der Waals surface area (Å²) < 4.78 is 39.4. The van der Waals surface area contributed by atoms with Gasteiger partial charge in [-0.25, -0.2) is 0 Å². The Morgan fingerprint density at radius 3 is 2.73 bits per heavy atom. The zero-order valence-corrected chi connectivity index (χ0v) is 8.45. The maximum absolute atomic E-state index is 12.1. The van der Waals surface area contributed by atoms with Crippen LogP contribution in [-0.4, -0.2) is 15.9 Å². The van der Waals surface area contributed by atoms with Crippen molar-refractivity contribution in [1.82, 2.24) is 9.36 Å². The van der Waals surface area contributed by atoms with Crippen molar-refractivity contribution in [3.63, 3.8) is 0 Å². The van der Waals surface area contributed by atoms with Crippen molar-refractivity contribution in [3.8, 4) is 12.3 Å². The van der Waals surface area contributed by atoms with Crippen molar-refractivity contribution in [3.05, 3.63) is 5.82 Å². The third-order valence-corrected chi connectivity index (χ3v) is 2.13. The summed E-state index contributed by atoms with van der Waals surface area (Å²) in [6.07, 6.45) is 1.81. The molecule has 0 saturated carbocycles. The van der Waals surface area contributed by atoms with Crippen LogP contribution in [0.15, 0.2) is 0 Å². The number of nitrogens with zero attached hydrogens (tertiary/aromatic N) is 2. The second kappa shape index (κ2) is 4.98. The molecule has 0 spiro atoms. The van der Waals surface area contributed by atoms with Crippen LogP contribution >= 0.6 is 11.5 Å². The number of rotatable bonds is 4. The molecule has 3 nitrogen and oxygen atoms in total. The zero-order chi connectivity index (χ0) is 11.3. The summed E-state index contributed by atoms with van der Waals surface area (Å²) in [4.78, 5) is 3.30. The largest absolute Gasteiger partial charge is 0.452 e. The smallest absolute Gasteiger partial charge is 0.360 e. The molecule has 1 aromatic heterocycles. The van der Waals surface area contributed by atoms with Crippen LogP contribution in [0.3, 0.4) is 0 Å². The van der Waals surface area contributed by atoms with Gasteiger partial charge in [-0.05, 0) is 6.42 Å². The van der Waals surface area contributed by atoms with Gasteiger partial charge in [0.2, 0.25) is 11.0 Å². The van der Waals surface area contributed by atoms with Gasteiger partial charge in [-0.15, -0.1) is 12.3 Å². The predicted molar refractivity (Wildman–Crippen MR) is 51.5 cm³/mol. The maximum Gasteiger partial charge on any atom is 0.452 e. The van der Waals surface area contributed by atoms with Crippen LogP contribution in [0.25, 0.3) is 0 Å². The highest BCUT2D eigenvalue weighted by molar-refractivity contribution is 7.09. The summed E-state index contributed by atoms with van der Waals surface area (Å²) in [5.41, 5.74) is 0. The van der Waals surface area contributed by atoms with E-state index in [4.69, 9.17) is 6.42 Å². The Morgan fingerprint density at radius 2 is 2.20 bits per heavy atom. The van der Waals surface area contributed by atoms with Crippen LogP contribution in [0.5, 0.6) is 0 Å². The van der Waals surface area contributed by atoms with Gasteiger partial charge in [-0.1, -0.05) is 0 Å². The van der Waals surface area contributed by atoms with E-state index in [1.807, 2.05) is 0 Å². The lowest BCUT2D eigenvalue weighted by molar-refractivity contribution is -0.144. The SMILES string of the molecule is C#CCCCNc1nc(C(F)(F)F)ns1. The molecule has 7 heteroatoms. The molecule has 0 aliphatic heterocycles. The van der Waals surface area contributed by atoms with E-state index in [-0.39, 0.29) is 5.13 Å². The second-order valence-corrected chi connectivity index (χ2v) is 3.41. The Labute approximate surface area is 88.9 Å². The van der Waals surface area contributed by atoms with Gasteiger partial charge in [0.25, 0.3) is 0 Å². The van der Waals surface area contributed by atoms with Crippen molar-refractivity contribution in [2.75, 3.05) is 11.9 Å². The Bertz CT molecular complexity index is 353. The fourth-order valence-corrected chi connectivity index (χ4v) is 1.41. The lowest BCUT2D eigenvalue weighted by Crippen LogP contribution is -2.08. The zero-order valence-electron chi connectivity index (χ0n) is 7.64. The van der Waals surface area contributed by atoms with E-state index in [0.717, 1.165) is 0 Å². The number of halogens is 3. The third-order valence-electron chi connectivity index (χ3n) is 1.45. The van der Waals surface area contributed by atoms with Crippen molar-refractivity contribution < 1.29 is 13.2 Å². The van der Waals surface area contributed by atoms with Crippen LogP contribution < -0.4 is 5.32 Å². The summed E-state index contributed by atoms with van der Waals surface area (Å²) in [6.45, 7) is 0.497. The molecule has 1 rings (SSSR count). The van der Waals surface area contributed by atoms with Crippen molar-refractivity contribution in [2.24, 2.45) is 0 Å². The lowest BCUT2D eigenvalue weighted by atomic mass is 10.3. The average Bonchev–Trinajstić information content (AvgIpc) is 2.60. The fraction of sp³-hybridized carbons (Fsp3) is 0.500. The minimum atomic E-state index is -4.48. The Balaban J connectivity index is 2.44. The predicted octanol–water partition coefficient (Wildman–Crippen LogP) is 2.38.